The number of nitro groups is 1. The molecule has 1 aromatic carbocycles. The Hall–Kier alpha value is -1.95. The molecule has 0 aromatic heterocycles. The summed E-state index contributed by atoms with van der Waals surface area (Å²) in [6, 6.07) is 6.18. The highest BCUT2D eigenvalue weighted by Crippen LogP contribution is 2.11. The van der Waals surface area contributed by atoms with Crippen molar-refractivity contribution in [1.82, 2.24) is 5.32 Å². The molecule has 0 radical (unpaired) electrons. The van der Waals surface area contributed by atoms with Crippen LogP contribution >= 0.6 is 0 Å². The number of likely N-dealkylation sites (N-methyl/N-ethyl adjacent to an activating group) is 1. The number of carbonyl (C=O) groups is 1. The van der Waals surface area contributed by atoms with E-state index in [0.29, 0.717) is 18.2 Å². The van der Waals surface area contributed by atoms with Gasteiger partial charge in [-0.05, 0) is 19.1 Å². The first kappa shape index (κ1) is 14.5. The first-order chi connectivity index (χ1) is 9.61. The molecule has 108 valence electrons. The molecule has 1 heterocycles. The predicted octanol–water partition coefficient (Wildman–Crippen LogP) is 0.392. The van der Waals surface area contributed by atoms with Gasteiger partial charge in [0.1, 0.15) is 6.04 Å². The SMILES string of the molecule is CC[NH+]1CCC[C@@H]1CNC(=O)c1ccc([N+](=O)[O-])cc1. The van der Waals surface area contributed by atoms with Gasteiger partial charge in [-0.15, -0.1) is 0 Å². The quantitative estimate of drug-likeness (QED) is 0.604. The Bertz CT molecular complexity index is 487. The average molecular weight is 278 g/mol. The fraction of sp³-hybridized carbons (Fsp3) is 0.500. The number of nitrogens with one attached hydrogen (secondary N) is 2. The number of amides is 1. The number of nitro benzene ring substituents is 1. The number of rotatable bonds is 5. The number of quaternary nitrogens is 1. The molecule has 0 saturated carbocycles. The molecule has 6 nitrogen and oxygen atoms in total. The van der Waals surface area contributed by atoms with E-state index in [1.165, 1.54) is 42.1 Å². The molecular formula is C14H20N3O3+. The van der Waals surface area contributed by atoms with Crippen molar-refractivity contribution in [2.75, 3.05) is 19.6 Å². The summed E-state index contributed by atoms with van der Waals surface area (Å²) < 4.78 is 0. The van der Waals surface area contributed by atoms with Gasteiger partial charge in [0.05, 0.1) is 24.6 Å². The molecule has 0 bridgehead atoms. The van der Waals surface area contributed by atoms with E-state index in [-0.39, 0.29) is 11.6 Å². The molecular weight excluding hydrogens is 258 g/mol. The average Bonchev–Trinajstić information content (AvgIpc) is 2.92. The van der Waals surface area contributed by atoms with Crippen molar-refractivity contribution in [2.24, 2.45) is 0 Å². The molecule has 1 saturated heterocycles. The third-order valence-electron chi connectivity index (χ3n) is 3.93. The molecule has 1 unspecified atom stereocenters. The van der Waals surface area contributed by atoms with Crippen molar-refractivity contribution in [3.63, 3.8) is 0 Å². The molecule has 2 rings (SSSR count). The highest BCUT2D eigenvalue weighted by molar-refractivity contribution is 5.94. The molecule has 6 heteroatoms. The number of non-ortho nitro benzene ring substituents is 1. The third-order valence-corrected chi connectivity index (χ3v) is 3.93. The van der Waals surface area contributed by atoms with Gasteiger partial charge >= 0.3 is 0 Å². The van der Waals surface area contributed by atoms with Crippen molar-refractivity contribution in [2.45, 2.75) is 25.8 Å². The standard InChI is InChI=1S/C14H19N3O3/c1-2-16-9-3-4-13(16)10-15-14(18)11-5-7-12(8-6-11)17(19)20/h5-8,13H,2-4,9-10H2,1H3,(H,15,18)/p+1/t13-/m1/s1. The van der Waals surface area contributed by atoms with Crippen LogP contribution in [0.5, 0.6) is 0 Å². The van der Waals surface area contributed by atoms with Crippen LogP contribution in [-0.4, -0.2) is 36.5 Å². The van der Waals surface area contributed by atoms with Gasteiger partial charge in [0.15, 0.2) is 0 Å². The van der Waals surface area contributed by atoms with E-state index >= 15 is 0 Å². The van der Waals surface area contributed by atoms with Crippen molar-refractivity contribution in [1.29, 1.82) is 0 Å². The Morgan fingerprint density at radius 1 is 1.45 bits per heavy atom. The lowest BCUT2D eigenvalue weighted by Gasteiger charge is -2.20. The van der Waals surface area contributed by atoms with Gasteiger partial charge < -0.3 is 10.2 Å². The summed E-state index contributed by atoms with van der Waals surface area (Å²) in [5.41, 5.74) is 0.464. The summed E-state index contributed by atoms with van der Waals surface area (Å²) >= 11 is 0. The number of benzene rings is 1. The number of hydrogen-bond donors (Lipinski definition) is 2. The summed E-state index contributed by atoms with van der Waals surface area (Å²) in [4.78, 5) is 23.6. The zero-order valence-electron chi connectivity index (χ0n) is 11.6. The molecule has 20 heavy (non-hydrogen) atoms. The summed E-state index contributed by atoms with van der Waals surface area (Å²) in [6.45, 7) is 5.08. The van der Waals surface area contributed by atoms with E-state index in [1.807, 2.05) is 0 Å². The van der Waals surface area contributed by atoms with Gasteiger partial charge in [0, 0.05) is 30.5 Å². The van der Waals surface area contributed by atoms with E-state index < -0.39 is 4.92 Å². The Balaban J connectivity index is 1.90. The topological polar surface area (TPSA) is 76.7 Å². The molecule has 1 fully saturated rings. The Kier molecular flexibility index (Phi) is 4.68. The zero-order valence-corrected chi connectivity index (χ0v) is 11.6. The van der Waals surface area contributed by atoms with E-state index in [1.54, 1.807) is 0 Å². The van der Waals surface area contributed by atoms with Crippen LogP contribution in [0.2, 0.25) is 0 Å². The van der Waals surface area contributed by atoms with Crippen LogP contribution in [-0.2, 0) is 0 Å². The Labute approximate surface area is 117 Å². The maximum Gasteiger partial charge on any atom is 0.269 e. The van der Waals surface area contributed by atoms with Crippen molar-refractivity contribution in [3.8, 4) is 0 Å². The Morgan fingerprint density at radius 2 is 2.15 bits per heavy atom. The number of carbonyl (C=O) groups excluding carboxylic acids is 1. The second kappa shape index (κ2) is 6.47. The second-order valence-electron chi connectivity index (χ2n) is 5.11. The highest BCUT2D eigenvalue weighted by Gasteiger charge is 2.27. The van der Waals surface area contributed by atoms with Gasteiger partial charge in [-0.2, -0.15) is 0 Å². The second-order valence-corrected chi connectivity index (χ2v) is 5.11. The van der Waals surface area contributed by atoms with E-state index in [9.17, 15) is 14.9 Å². The molecule has 1 amide bonds. The first-order valence-electron chi connectivity index (χ1n) is 6.99. The van der Waals surface area contributed by atoms with Crippen LogP contribution in [0.15, 0.2) is 24.3 Å². The van der Waals surface area contributed by atoms with Gasteiger partial charge in [-0.3, -0.25) is 14.9 Å². The van der Waals surface area contributed by atoms with Gasteiger partial charge in [-0.25, -0.2) is 0 Å². The van der Waals surface area contributed by atoms with Gasteiger partial charge in [0.25, 0.3) is 11.6 Å². The normalized spacial score (nSPS) is 21.6. The monoisotopic (exact) mass is 278 g/mol. The van der Waals surface area contributed by atoms with Gasteiger partial charge in [0.2, 0.25) is 0 Å². The van der Waals surface area contributed by atoms with Crippen LogP contribution in [0.3, 0.4) is 0 Å². The lowest BCUT2D eigenvalue weighted by Crippen LogP contribution is -3.14. The Morgan fingerprint density at radius 3 is 2.75 bits per heavy atom. The zero-order chi connectivity index (χ0) is 14.5. The maximum absolute atomic E-state index is 12.0. The van der Waals surface area contributed by atoms with Crippen molar-refractivity contribution < 1.29 is 14.6 Å². The lowest BCUT2D eigenvalue weighted by atomic mass is 10.1. The van der Waals surface area contributed by atoms with E-state index in [0.717, 1.165) is 13.0 Å². The maximum atomic E-state index is 12.0. The summed E-state index contributed by atoms with van der Waals surface area (Å²) in [7, 11) is 0. The minimum atomic E-state index is -0.470. The largest absolute Gasteiger partial charge is 0.346 e. The minimum absolute atomic E-state index is 0.000976. The van der Waals surface area contributed by atoms with Crippen LogP contribution in [0.25, 0.3) is 0 Å². The molecule has 2 N–H and O–H groups in total. The summed E-state index contributed by atoms with van der Waals surface area (Å²) in [5, 5.41) is 13.5. The van der Waals surface area contributed by atoms with Crippen molar-refractivity contribution in [3.05, 3.63) is 39.9 Å². The fourth-order valence-electron chi connectivity index (χ4n) is 2.75. The molecule has 1 aromatic rings. The highest BCUT2D eigenvalue weighted by atomic mass is 16.6. The van der Waals surface area contributed by atoms with Crippen LogP contribution in [0.4, 0.5) is 5.69 Å². The van der Waals surface area contributed by atoms with Crippen LogP contribution in [0.1, 0.15) is 30.1 Å². The number of likely N-dealkylation sites (tertiary alicyclic amines) is 1. The lowest BCUT2D eigenvalue weighted by molar-refractivity contribution is -0.909. The number of hydrogen-bond acceptors (Lipinski definition) is 3. The van der Waals surface area contributed by atoms with Gasteiger partial charge in [-0.1, -0.05) is 0 Å². The molecule has 1 aliphatic heterocycles. The smallest absolute Gasteiger partial charge is 0.269 e. The molecule has 1 aliphatic rings. The third kappa shape index (κ3) is 3.33. The molecule has 0 aliphatic carbocycles. The van der Waals surface area contributed by atoms with E-state index in [4.69, 9.17) is 0 Å². The molecule has 0 spiro atoms. The fourth-order valence-corrected chi connectivity index (χ4v) is 2.75. The predicted molar refractivity (Wildman–Crippen MR) is 74.8 cm³/mol. The number of nitrogens with zero attached hydrogens (tertiary/aromatic N) is 1. The first-order valence-corrected chi connectivity index (χ1v) is 6.99. The van der Waals surface area contributed by atoms with E-state index in [2.05, 4.69) is 12.2 Å². The molecule has 2 atom stereocenters. The summed E-state index contributed by atoms with van der Waals surface area (Å²) in [6.07, 6.45) is 2.35. The summed E-state index contributed by atoms with van der Waals surface area (Å²) in [5.74, 6) is -0.165. The van der Waals surface area contributed by atoms with Crippen LogP contribution < -0.4 is 10.2 Å². The minimum Gasteiger partial charge on any atom is -0.346 e. The van der Waals surface area contributed by atoms with Crippen LogP contribution in [0, 0.1) is 10.1 Å². The van der Waals surface area contributed by atoms with Crippen molar-refractivity contribution >= 4 is 11.6 Å².